The van der Waals surface area contributed by atoms with Crippen molar-refractivity contribution in [1.29, 1.82) is 0 Å². The first-order valence-corrected chi connectivity index (χ1v) is 7.25. The molecule has 0 amide bonds. The highest BCUT2D eigenvalue weighted by molar-refractivity contribution is 6.10. The molecule has 1 atom stereocenters. The van der Waals surface area contributed by atoms with Crippen molar-refractivity contribution in [3.05, 3.63) is 34.6 Å². The average molecular weight is 320 g/mol. The van der Waals surface area contributed by atoms with E-state index in [1.807, 2.05) is 6.92 Å². The van der Waals surface area contributed by atoms with Crippen LogP contribution in [-0.2, 0) is 21.6 Å². The highest BCUT2D eigenvalue weighted by atomic mass is 16.5. The molecule has 0 aliphatic heterocycles. The molecule has 0 saturated carbocycles. The summed E-state index contributed by atoms with van der Waals surface area (Å²) in [6.07, 6.45) is 1.28. The minimum atomic E-state index is -1.82. The van der Waals surface area contributed by atoms with Crippen molar-refractivity contribution in [2.75, 3.05) is 14.2 Å². The Kier molecular flexibility index (Phi) is 4.47. The summed E-state index contributed by atoms with van der Waals surface area (Å²) in [5, 5.41) is 21.5. The van der Waals surface area contributed by atoms with Crippen LogP contribution in [0.15, 0.2) is 17.9 Å². The number of rotatable bonds is 5. The molecule has 1 aromatic carbocycles. The molecule has 23 heavy (non-hydrogen) atoms. The van der Waals surface area contributed by atoms with Gasteiger partial charge in [-0.15, -0.1) is 0 Å². The van der Waals surface area contributed by atoms with Gasteiger partial charge in [-0.3, -0.25) is 9.59 Å². The Morgan fingerprint density at radius 3 is 2.43 bits per heavy atom. The number of hydrogen-bond acceptors (Lipinski definition) is 6. The summed E-state index contributed by atoms with van der Waals surface area (Å²) < 4.78 is 10.4. The lowest BCUT2D eigenvalue weighted by atomic mass is 9.77. The Morgan fingerprint density at radius 1 is 1.30 bits per heavy atom. The smallest absolute Gasteiger partial charge is 0.193 e. The molecule has 2 rings (SSSR count). The Bertz CT molecular complexity index is 704. The second kappa shape index (κ2) is 6.04. The quantitative estimate of drug-likeness (QED) is 0.860. The fourth-order valence-corrected chi connectivity index (χ4v) is 3.00. The van der Waals surface area contributed by atoms with Gasteiger partial charge in [-0.25, -0.2) is 0 Å². The maximum absolute atomic E-state index is 12.4. The Labute approximate surface area is 134 Å². The minimum Gasteiger partial charge on any atom is -0.507 e. The zero-order chi connectivity index (χ0) is 17.4. The van der Waals surface area contributed by atoms with Gasteiger partial charge in [-0.1, -0.05) is 6.92 Å². The Balaban J connectivity index is 2.83. The predicted molar refractivity (Wildman–Crippen MR) is 82.7 cm³/mol. The van der Waals surface area contributed by atoms with E-state index in [2.05, 4.69) is 0 Å². The summed E-state index contributed by atoms with van der Waals surface area (Å²) in [5.41, 5.74) is -1.25. The van der Waals surface area contributed by atoms with Gasteiger partial charge in [0.25, 0.3) is 0 Å². The van der Waals surface area contributed by atoms with E-state index in [1.54, 1.807) is 0 Å². The third-order valence-corrected chi connectivity index (χ3v) is 4.02. The highest BCUT2D eigenvalue weighted by Gasteiger charge is 2.45. The number of aromatic hydroxyl groups is 1. The van der Waals surface area contributed by atoms with Crippen molar-refractivity contribution in [3.8, 4) is 11.5 Å². The third-order valence-electron chi connectivity index (χ3n) is 4.02. The number of ether oxygens (including phenoxy) is 2. The maximum atomic E-state index is 12.4. The van der Waals surface area contributed by atoms with Crippen LogP contribution in [0.4, 0.5) is 0 Å². The SMILES string of the molecule is CCc1c(OC)cc2c(c1O)C(=O)C=C(OC)[C@@]2(O)CC(C)=O. The molecule has 1 aliphatic rings. The monoisotopic (exact) mass is 320 g/mol. The van der Waals surface area contributed by atoms with Crippen molar-refractivity contribution in [2.45, 2.75) is 32.3 Å². The number of hydrogen-bond donors (Lipinski definition) is 2. The van der Waals surface area contributed by atoms with Crippen LogP contribution < -0.4 is 4.74 Å². The minimum absolute atomic E-state index is 0.0211. The van der Waals surface area contributed by atoms with Gasteiger partial charge >= 0.3 is 0 Å². The zero-order valence-corrected chi connectivity index (χ0v) is 13.6. The second-order valence-corrected chi connectivity index (χ2v) is 5.50. The lowest BCUT2D eigenvalue weighted by molar-refractivity contribution is -0.122. The van der Waals surface area contributed by atoms with Crippen molar-refractivity contribution in [2.24, 2.45) is 0 Å². The highest BCUT2D eigenvalue weighted by Crippen LogP contribution is 2.46. The molecule has 0 spiro atoms. The van der Waals surface area contributed by atoms with E-state index >= 15 is 0 Å². The number of aliphatic hydroxyl groups is 1. The van der Waals surface area contributed by atoms with Crippen molar-refractivity contribution < 1.29 is 29.3 Å². The van der Waals surface area contributed by atoms with Gasteiger partial charge in [-0.2, -0.15) is 0 Å². The molecule has 1 aliphatic carbocycles. The van der Waals surface area contributed by atoms with Crippen LogP contribution in [0.3, 0.4) is 0 Å². The number of methoxy groups -OCH3 is 2. The van der Waals surface area contributed by atoms with Gasteiger partial charge in [0.2, 0.25) is 0 Å². The van der Waals surface area contributed by atoms with Gasteiger partial charge in [-0.05, 0) is 19.4 Å². The third kappa shape index (κ3) is 2.59. The summed E-state index contributed by atoms with van der Waals surface area (Å²) >= 11 is 0. The molecular weight excluding hydrogens is 300 g/mol. The van der Waals surface area contributed by atoms with Crippen molar-refractivity contribution in [1.82, 2.24) is 0 Å². The fourth-order valence-electron chi connectivity index (χ4n) is 3.00. The Morgan fingerprint density at radius 2 is 1.96 bits per heavy atom. The van der Waals surface area contributed by atoms with E-state index < -0.39 is 11.4 Å². The molecule has 0 unspecified atom stereocenters. The van der Waals surface area contributed by atoms with Gasteiger partial charge in [0, 0.05) is 23.6 Å². The molecule has 0 radical (unpaired) electrons. The number of benzene rings is 1. The number of ketones is 2. The van der Waals surface area contributed by atoms with E-state index in [9.17, 15) is 19.8 Å². The molecule has 2 N–H and O–H groups in total. The number of phenolic OH excluding ortho intramolecular Hbond substituents is 1. The van der Waals surface area contributed by atoms with Crippen LogP contribution in [0.1, 0.15) is 41.8 Å². The zero-order valence-electron chi connectivity index (χ0n) is 13.6. The van der Waals surface area contributed by atoms with Crippen LogP contribution in [0.25, 0.3) is 0 Å². The number of allylic oxidation sites excluding steroid dienone is 1. The summed E-state index contributed by atoms with van der Waals surface area (Å²) in [6, 6.07) is 1.49. The number of phenols is 1. The molecule has 0 aromatic heterocycles. The first-order valence-electron chi connectivity index (χ1n) is 7.25. The largest absolute Gasteiger partial charge is 0.507 e. The van der Waals surface area contributed by atoms with Crippen LogP contribution in [0.5, 0.6) is 11.5 Å². The molecular formula is C17H20O6. The topological polar surface area (TPSA) is 93.1 Å². The van der Waals surface area contributed by atoms with Crippen LogP contribution in [-0.4, -0.2) is 36.0 Å². The summed E-state index contributed by atoms with van der Waals surface area (Å²) in [5.74, 6) is -0.694. The summed E-state index contributed by atoms with van der Waals surface area (Å²) in [4.78, 5) is 24.0. The van der Waals surface area contributed by atoms with E-state index in [4.69, 9.17) is 9.47 Å². The molecule has 0 saturated heterocycles. The number of carbonyl (C=O) groups is 2. The average Bonchev–Trinajstić information content (AvgIpc) is 2.49. The van der Waals surface area contributed by atoms with E-state index in [1.165, 1.54) is 27.2 Å². The predicted octanol–water partition coefficient (Wildman–Crippen LogP) is 1.86. The van der Waals surface area contributed by atoms with Crippen LogP contribution >= 0.6 is 0 Å². The molecule has 0 bridgehead atoms. The van der Waals surface area contributed by atoms with Gasteiger partial charge < -0.3 is 19.7 Å². The van der Waals surface area contributed by atoms with Crippen LogP contribution in [0.2, 0.25) is 0 Å². The first-order chi connectivity index (χ1) is 10.8. The number of fused-ring (bicyclic) bond motifs is 1. The van der Waals surface area contributed by atoms with E-state index in [0.29, 0.717) is 17.7 Å². The summed E-state index contributed by atoms with van der Waals surface area (Å²) in [7, 11) is 2.74. The lowest BCUT2D eigenvalue weighted by Crippen LogP contribution is -2.37. The standard InChI is InChI=1S/C17H20O6/c1-5-10-13(22-3)6-11-15(16(10)20)12(19)7-14(23-4)17(11,21)8-9(2)18/h6-7,20-21H,5,8H2,1-4H3/t17-/m1/s1. The summed E-state index contributed by atoms with van der Waals surface area (Å²) in [6.45, 7) is 3.15. The molecule has 0 fully saturated rings. The number of carbonyl (C=O) groups excluding carboxylic acids is 2. The van der Waals surface area contributed by atoms with Crippen molar-refractivity contribution in [3.63, 3.8) is 0 Å². The molecule has 6 heteroatoms. The first kappa shape index (κ1) is 17.0. The molecule has 1 aromatic rings. The molecule has 0 heterocycles. The normalized spacial score (nSPS) is 19.9. The van der Waals surface area contributed by atoms with Crippen LogP contribution in [0, 0.1) is 0 Å². The molecule has 124 valence electrons. The second-order valence-electron chi connectivity index (χ2n) is 5.50. The van der Waals surface area contributed by atoms with Gasteiger partial charge in [0.15, 0.2) is 11.4 Å². The van der Waals surface area contributed by atoms with Gasteiger partial charge in [0.05, 0.1) is 19.8 Å². The Hall–Kier alpha value is -2.34. The number of Topliss-reactive ketones (excluding diaryl/α,β-unsaturated/α-hetero) is 1. The van der Waals surface area contributed by atoms with E-state index in [-0.39, 0.29) is 34.8 Å². The van der Waals surface area contributed by atoms with E-state index in [0.717, 1.165) is 6.08 Å². The lowest BCUT2D eigenvalue weighted by Gasteiger charge is -2.34. The van der Waals surface area contributed by atoms with Crippen molar-refractivity contribution >= 4 is 11.6 Å². The molecule has 6 nitrogen and oxygen atoms in total. The van der Waals surface area contributed by atoms with Gasteiger partial charge in [0.1, 0.15) is 23.0 Å². The fraction of sp³-hybridized carbons (Fsp3) is 0.412. The maximum Gasteiger partial charge on any atom is 0.193 e.